The predicted octanol–water partition coefficient (Wildman–Crippen LogP) is 3.98. The number of thioether (sulfide) groups is 1. The van der Waals surface area contributed by atoms with Crippen molar-refractivity contribution in [1.29, 1.82) is 0 Å². The fraction of sp³-hybridized carbons (Fsp3) is 0.385. The molecule has 1 N–H and O–H groups in total. The Morgan fingerprint density at radius 2 is 1.38 bits per heavy atom. The Morgan fingerprint density at radius 3 is 2.00 bits per heavy atom. The summed E-state index contributed by atoms with van der Waals surface area (Å²) in [6, 6.07) is 13.1. The predicted molar refractivity (Wildman–Crippen MR) is 137 cm³/mol. The maximum Gasteiger partial charge on any atom is 0.303 e. The molecule has 39 heavy (non-hydrogen) atoms. The second-order valence-electron chi connectivity index (χ2n) is 8.37. The van der Waals surface area contributed by atoms with Crippen LogP contribution < -0.4 is 0 Å². The SMILES string of the molecule is CC(=O)OC[C@H]1O[C@@H](Sc2ccccc2N=Nc2ccc(O)cc2)[C@H](OC(C)=O)[C@@H](OC(C)=O)[C@H]1OC(C)=O. The Labute approximate surface area is 228 Å². The zero-order valence-electron chi connectivity index (χ0n) is 21.6. The molecule has 0 bridgehead atoms. The highest BCUT2D eigenvalue weighted by molar-refractivity contribution is 8.00. The van der Waals surface area contributed by atoms with Gasteiger partial charge < -0.3 is 28.8 Å². The average molecular weight is 561 g/mol. The molecule has 1 saturated heterocycles. The third-order valence-corrected chi connectivity index (χ3v) is 6.39. The molecule has 1 fully saturated rings. The number of phenols is 1. The van der Waals surface area contributed by atoms with E-state index < -0.39 is 53.7 Å². The lowest BCUT2D eigenvalue weighted by molar-refractivity contribution is -0.237. The highest BCUT2D eigenvalue weighted by atomic mass is 32.2. The van der Waals surface area contributed by atoms with Gasteiger partial charge in [0.2, 0.25) is 0 Å². The molecule has 3 rings (SSSR count). The summed E-state index contributed by atoms with van der Waals surface area (Å²) < 4.78 is 27.7. The summed E-state index contributed by atoms with van der Waals surface area (Å²) in [6.45, 7) is 4.38. The first-order valence-electron chi connectivity index (χ1n) is 11.8. The number of carbonyl (C=O) groups excluding carboxylic acids is 4. The Morgan fingerprint density at radius 1 is 0.795 bits per heavy atom. The molecule has 0 aromatic heterocycles. The fourth-order valence-corrected chi connectivity index (χ4v) is 4.86. The zero-order valence-corrected chi connectivity index (χ0v) is 22.5. The summed E-state index contributed by atoms with van der Waals surface area (Å²) in [5.74, 6) is -2.62. The molecule has 0 spiro atoms. The van der Waals surface area contributed by atoms with Crippen molar-refractivity contribution in [3.63, 3.8) is 0 Å². The van der Waals surface area contributed by atoms with Gasteiger partial charge in [0, 0.05) is 32.6 Å². The number of esters is 4. The summed E-state index contributed by atoms with van der Waals surface area (Å²) >= 11 is 1.10. The van der Waals surface area contributed by atoms with Crippen LogP contribution in [0.15, 0.2) is 63.7 Å². The van der Waals surface area contributed by atoms with Gasteiger partial charge in [0.05, 0.1) is 11.4 Å². The highest BCUT2D eigenvalue weighted by Gasteiger charge is 2.52. The fourth-order valence-electron chi connectivity index (χ4n) is 3.68. The molecule has 0 aliphatic carbocycles. The van der Waals surface area contributed by atoms with Crippen LogP contribution in [0.4, 0.5) is 11.4 Å². The van der Waals surface area contributed by atoms with Gasteiger partial charge in [-0.15, -0.1) is 5.11 Å². The minimum absolute atomic E-state index is 0.0913. The average Bonchev–Trinajstić information content (AvgIpc) is 2.86. The van der Waals surface area contributed by atoms with Crippen LogP contribution in [0.5, 0.6) is 5.75 Å². The largest absolute Gasteiger partial charge is 0.508 e. The zero-order chi connectivity index (χ0) is 28.5. The van der Waals surface area contributed by atoms with Crippen molar-refractivity contribution in [2.75, 3.05) is 6.61 Å². The monoisotopic (exact) mass is 560 g/mol. The summed E-state index contributed by atoms with van der Waals surface area (Å²) in [5, 5.41) is 18.0. The van der Waals surface area contributed by atoms with Crippen molar-refractivity contribution >= 4 is 47.0 Å². The van der Waals surface area contributed by atoms with Crippen molar-refractivity contribution < 1.29 is 48.0 Å². The number of nitrogens with zero attached hydrogens (tertiary/aromatic N) is 2. The molecule has 5 atom stereocenters. The van der Waals surface area contributed by atoms with Crippen LogP contribution in [0.25, 0.3) is 0 Å². The Balaban J connectivity index is 1.98. The van der Waals surface area contributed by atoms with Crippen LogP contribution in [0.2, 0.25) is 0 Å². The smallest absolute Gasteiger partial charge is 0.303 e. The standard InChI is InChI=1S/C26H28N2O10S/c1-14(29)34-13-21-23(35-15(2)30)24(36-16(3)31)25(37-17(4)32)26(38-21)39-22-8-6-5-7-20(22)28-27-18-9-11-19(33)12-10-18/h5-12,21,23-26,33H,13H2,1-4H3/t21-,23+,24+,25-,26+/m1/s1. The topological polar surface area (TPSA) is 159 Å². The first kappa shape index (κ1) is 29.6. The van der Waals surface area contributed by atoms with Crippen LogP contribution in [0.1, 0.15) is 27.7 Å². The van der Waals surface area contributed by atoms with Crippen LogP contribution in [-0.4, -0.2) is 65.4 Å². The highest BCUT2D eigenvalue weighted by Crippen LogP contribution is 2.41. The number of carbonyl (C=O) groups is 4. The van der Waals surface area contributed by atoms with Crippen molar-refractivity contribution in [2.45, 2.75) is 62.4 Å². The molecule has 0 unspecified atom stereocenters. The van der Waals surface area contributed by atoms with Gasteiger partial charge in [0.1, 0.15) is 23.9 Å². The van der Waals surface area contributed by atoms with Gasteiger partial charge in [-0.25, -0.2) is 0 Å². The van der Waals surface area contributed by atoms with Crippen molar-refractivity contribution in [2.24, 2.45) is 10.2 Å². The van der Waals surface area contributed by atoms with E-state index in [2.05, 4.69) is 10.2 Å². The number of rotatable bonds is 9. The van der Waals surface area contributed by atoms with Gasteiger partial charge in [0.25, 0.3) is 0 Å². The Bertz CT molecular complexity index is 1220. The van der Waals surface area contributed by atoms with Gasteiger partial charge in [0.15, 0.2) is 18.3 Å². The van der Waals surface area contributed by atoms with E-state index in [-0.39, 0.29) is 12.4 Å². The first-order valence-corrected chi connectivity index (χ1v) is 12.7. The van der Waals surface area contributed by atoms with Gasteiger partial charge in [-0.05, 0) is 36.4 Å². The third kappa shape index (κ3) is 8.79. The minimum atomic E-state index is -1.27. The van der Waals surface area contributed by atoms with E-state index in [1.165, 1.54) is 26.0 Å². The van der Waals surface area contributed by atoms with Crippen LogP contribution in [0, 0.1) is 0 Å². The van der Waals surface area contributed by atoms with E-state index in [1.807, 2.05) is 0 Å². The number of aromatic hydroxyl groups is 1. The van der Waals surface area contributed by atoms with Gasteiger partial charge in [-0.3, -0.25) is 19.2 Å². The van der Waals surface area contributed by atoms with Gasteiger partial charge >= 0.3 is 23.9 Å². The number of azo groups is 1. The van der Waals surface area contributed by atoms with E-state index in [0.29, 0.717) is 16.3 Å². The first-order chi connectivity index (χ1) is 18.5. The second-order valence-corrected chi connectivity index (χ2v) is 9.51. The van der Waals surface area contributed by atoms with Gasteiger partial charge in [-0.1, -0.05) is 23.9 Å². The van der Waals surface area contributed by atoms with E-state index in [4.69, 9.17) is 23.7 Å². The maximum absolute atomic E-state index is 12.1. The van der Waals surface area contributed by atoms with Crippen molar-refractivity contribution in [3.05, 3.63) is 48.5 Å². The number of benzene rings is 2. The van der Waals surface area contributed by atoms with Crippen LogP contribution in [0.3, 0.4) is 0 Å². The molecule has 1 heterocycles. The molecule has 13 heteroatoms. The minimum Gasteiger partial charge on any atom is -0.508 e. The lowest BCUT2D eigenvalue weighted by Crippen LogP contribution is -2.61. The number of ether oxygens (including phenoxy) is 5. The lowest BCUT2D eigenvalue weighted by atomic mass is 9.99. The molecule has 2 aromatic carbocycles. The number of phenolic OH excluding ortho intramolecular Hbond substituents is 1. The maximum atomic E-state index is 12.1. The van der Waals surface area contributed by atoms with E-state index >= 15 is 0 Å². The summed E-state index contributed by atoms with van der Waals surface area (Å²) in [5.41, 5.74) is -0.0565. The van der Waals surface area contributed by atoms with Crippen LogP contribution >= 0.6 is 11.8 Å². The Kier molecular flexibility index (Phi) is 10.4. The summed E-state index contributed by atoms with van der Waals surface area (Å²) in [4.78, 5) is 48.1. The normalized spacial score (nSPS) is 22.6. The van der Waals surface area contributed by atoms with E-state index in [9.17, 15) is 24.3 Å². The molecule has 1 aliphatic rings. The molecule has 0 radical (unpaired) electrons. The molecule has 208 valence electrons. The van der Waals surface area contributed by atoms with Crippen molar-refractivity contribution in [3.8, 4) is 5.75 Å². The lowest BCUT2D eigenvalue weighted by Gasteiger charge is -2.44. The quantitative estimate of drug-likeness (QED) is 0.268. The van der Waals surface area contributed by atoms with E-state index in [1.54, 1.807) is 36.4 Å². The molecule has 1 aliphatic heterocycles. The number of hydrogen-bond acceptors (Lipinski definition) is 13. The summed E-state index contributed by atoms with van der Waals surface area (Å²) in [6.07, 6.45) is -4.78. The van der Waals surface area contributed by atoms with Crippen molar-refractivity contribution in [1.82, 2.24) is 0 Å². The molecular formula is C26H28N2O10S. The molecule has 2 aromatic rings. The second kappa shape index (κ2) is 13.7. The molecule has 0 saturated carbocycles. The number of hydrogen-bond donors (Lipinski definition) is 1. The Hall–Kier alpha value is -3.97. The van der Waals surface area contributed by atoms with Crippen LogP contribution in [-0.2, 0) is 42.9 Å². The van der Waals surface area contributed by atoms with Gasteiger partial charge in [-0.2, -0.15) is 5.11 Å². The van der Waals surface area contributed by atoms with E-state index in [0.717, 1.165) is 25.6 Å². The molecular weight excluding hydrogens is 532 g/mol. The molecule has 12 nitrogen and oxygen atoms in total. The molecule has 0 amide bonds. The third-order valence-electron chi connectivity index (χ3n) is 5.18. The summed E-state index contributed by atoms with van der Waals surface area (Å²) in [7, 11) is 0.